The van der Waals surface area contributed by atoms with Crippen LogP contribution < -0.4 is 10.3 Å². The second-order valence-electron chi connectivity index (χ2n) is 10.6. The molecule has 7 heteroatoms. The van der Waals surface area contributed by atoms with Gasteiger partial charge >= 0.3 is 7.48 Å². The number of aliphatic hydroxyl groups is 1. The smallest absolute Gasteiger partial charge is 0.328 e. The lowest BCUT2D eigenvalue weighted by molar-refractivity contribution is 0.0415. The molecule has 1 saturated carbocycles. The summed E-state index contributed by atoms with van der Waals surface area (Å²) in [7, 11) is 4.06. The zero-order valence-corrected chi connectivity index (χ0v) is 19.4. The average Bonchev–Trinajstić information content (AvgIpc) is 3.16. The van der Waals surface area contributed by atoms with E-state index in [-0.39, 0.29) is 11.5 Å². The van der Waals surface area contributed by atoms with Crippen molar-refractivity contribution in [1.29, 1.82) is 0 Å². The van der Waals surface area contributed by atoms with Gasteiger partial charge < -0.3 is 25.1 Å². The number of hydrazone groups is 1. The molecule has 2 aliphatic heterocycles. The van der Waals surface area contributed by atoms with E-state index < -0.39 is 5.60 Å². The molecule has 1 fully saturated rings. The Morgan fingerprint density at radius 3 is 2.94 bits per heavy atom. The van der Waals surface area contributed by atoms with Gasteiger partial charge in [0.1, 0.15) is 5.82 Å². The maximum absolute atomic E-state index is 10.9. The number of nitrogens with zero attached hydrogens (tertiary/aromatic N) is 2. The molecule has 3 atom stereocenters. The van der Waals surface area contributed by atoms with Gasteiger partial charge in [0.25, 0.3) is 0 Å². The summed E-state index contributed by atoms with van der Waals surface area (Å²) >= 11 is 0. The Balaban J connectivity index is 1.65. The van der Waals surface area contributed by atoms with E-state index in [2.05, 4.69) is 49.2 Å². The zero-order chi connectivity index (χ0) is 22.0. The highest BCUT2D eigenvalue weighted by Gasteiger charge is 2.55. The molecule has 0 spiro atoms. The van der Waals surface area contributed by atoms with Crippen LogP contribution in [0.5, 0.6) is 0 Å². The largest absolute Gasteiger partial charge is 0.434 e. The molecule has 0 bridgehead atoms. The van der Waals surface area contributed by atoms with Crippen LogP contribution in [0.25, 0.3) is 5.57 Å². The van der Waals surface area contributed by atoms with Crippen molar-refractivity contribution in [3.63, 3.8) is 0 Å². The first-order valence-electron chi connectivity index (χ1n) is 11.6. The van der Waals surface area contributed by atoms with Crippen molar-refractivity contribution in [3.05, 3.63) is 34.4 Å². The fourth-order valence-electron chi connectivity index (χ4n) is 5.69. The average molecular weight is 421 g/mol. The third-order valence-electron chi connectivity index (χ3n) is 7.32. The normalized spacial score (nSPS) is 34.0. The van der Waals surface area contributed by atoms with Crippen LogP contribution in [0, 0.1) is 11.8 Å². The van der Waals surface area contributed by atoms with E-state index in [1.807, 2.05) is 20.6 Å². The molecule has 6 nitrogen and oxygen atoms in total. The summed E-state index contributed by atoms with van der Waals surface area (Å²) in [4.78, 5) is 5.64. The van der Waals surface area contributed by atoms with E-state index in [1.165, 1.54) is 27.8 Å². The molecule has 3 unspecified atom stereocenters. The Morgan fingerprint density at radius 2 is 2.16 bits per heavy atom. The number of nitrogens with one attached hydrogen (secondary N) is 2. The first kappa shape index (κ1) is 20.9. The molecule has 2 aliphatic carbocycles. The highest BCUT2D eigenvalue weighted by atomic mass is 16.4. The molecule has 3 N–H and O–H groups in total. The lowest BCUT2D eigenvalue weighted by atomic mass is 9.76. The van der Waals surface area contributed by atoms with E-state index in [9.17, 15) is 5.11 Å². The highest BCUT2D eigenvalue weighted by molar-refractivity contribution is 6.47. The Kier molecular flexibility index (Phi) is 4.90. The molecule has 3 heterocycles. The van der Waals surface area contributed by atoms with Gasteiger partial charge in [0.2, 0.25) is 0 Å². The maximum Gasteiger partial charge on any atom is 0.328 e. The van der Waals surface area contributed by atoms with E-state index in [0.717, 1.165) is 43.8 Å². The summed E-state index contributed by atoms with van der Waals surface area (Å²) in [6, 6.07) is 2.15. The molecule has 5 rings (SSSR count). The van der Waals surface area contributed by atoms with E-state index in [1.54, 1.807) is 0 Å². The van der Waals surface area contributed by atoms with Crippen molar-refractivity contribution in [2.45, 2.75) is 64.5 Å². The molecular weight excluding hydrogens is 387 g/mol. The van der Waals surface area contributed by atoms with Gasteiger partial charge in [-0.05, 0) is 63.9 Å². The van der Waals surface area contributed by atoms with Crippen molar-refractivity contribution in [1.82, 2.24) is 10.4 Å². The molecule has 4 aliphatic rings. The van der Waals surface area contributed by atoms with Crippen LogP contribution in [0.4, 0.5) is 5.82 Å². The summed E-state index contributed by atoms with van der Waals surface area (Å²) in [5, 5.41) is 16.0. The second-order valence-corrected chi connectivity index (χ2v) is 10.6. The lowest BCUT2D eigenvalue weighted by Gasteiger charge is -2.32. The number of rotatable bonds is 2. The molecule has 0 saturated heterocycles. The number of H-pyrrole nitrogens is 1. The summed E-state index contributed by atoms with van der Waals surface area (Å²) in [6.07, 6.45) is 5.45. The molecule has 165 valence electrons. The third-order valence-corrected chi connectivity index (χ3v) is 7.32. The first-order valence-corrected chi connectivity index (χ1v) is 11.6. The van der Waals surface area contributed by atoms with Crippen molar-refractivity contribution >= 4 is 24.6 Å². The monoisotopic (exact) mass is 421 g/mol. The standard InChI is InChI=1S/C24H34BN4O2/c1-6-14-11-24(4,30)12-16-18(14)20(16)21-19-15-7-9-26-22(15)29(5)13-17(19)25-31-10-8-23(2,3)28-27-21/h7,9,16,20,26,28,30H,6,8,10-13H2,1-5H3/b27-21+. The van der Waals surface area contributed by atoms with Crippen LogP contribution >= 0.6 is 0 Å². The molecule has 1 radical (unpaired) electrons. The molecule has 31 heavy (non-hydrogen) atoms. The van der Waals surface area contributed by atoms with E-state index >= 15 is 0 Å². The van der Waals surface area contributed by atoms with Gasteiger partial charge in [-0.25, -0.2) is 0 Å². The number of aromatic amines is 1. The fraction of sp³-hybridized carbons (Fsp3) is 0.625. The van der Waals surface area contributed by atoms with Gasteiger partial charge in [-0.3, -0.25) is 0 Å². The van der Waals surface area contributed by atoms with Crippen LogP contribution in [0.2, 0.25) is 0 Å². The molecular formula is C24H34BN4O2. The highest BCUT2D eigenvalue weighted by Crippen LogP contribution is 2.60. The zero-order valence-electron chi connectivity index (χ0n) is 19.4. The van der Waals surface area contributed by atoms with Crippen LogP contribution in [0.3, 0.4) is 0 Å². The van der Waals surface area contributed by atoms with Gasteiger partial charge in [0.15, 0.2) is 0 Å². The Morgan fingerprint density at radius 1 is 1.35 bits per heavy atom. The quantitative estimate of drug-likeness (QED) is 0.505. The number of likely N-dealkylation sites (N-methyl/N-ethyl adjacent to an activating group) is 1. The molecule has 1 aromatic rings. The van der Waals surface area contributed by atoms with Gasteiger partial charge in [0, 0.05) is 43.5 Å². The summed E-state index contributed by atoms with van der Waals surface area (Å²) in [5.41, 5.74) is 10.2. The summed E-state index contributed by atoms with van der Waals surface area (Å²) in [6.45, 7) is 9.97. The Labute approximate surface area is 186 Å². The first-order chi connectivity index (χ1) is 14.7. The minimum Gasteiger partial charge on any atom is -0.434 e. The van der Waals surface area contributed by atoms with Crippen molar-refractivity contribution in [3.8, 4) is 0 Å². The predicted octanol–water partition coefficient (Wildman–Crippen LogP) is 3.44. The minimum absolute atomic E-state index is 0.156. The Bertz CT molecular complexity index is 987. The van der Waals surface area contributed by atoms with Gasteiger partial charge in [-0.2, -0.15) is 5.10 Å². The molecule has 1 aromatic heterocycles. The lowest BCUT2D eigenvalue weighted by Crippen LogP contribution is -2.40. The van der Waals surface area contributed by atoms with Gasteiger partial charge in [0.05, 0.1) is 16.9 Å². The summed E-state index contributed by atoms with van der Waals surface area (Å²) < 4.78 is 6.03. The van der Waals surface area contributed by atoms with Gasteiger partial charge in [-0.15, -0.1) is 0 Å². The maximum atomic E-state index is 10.9. The topological polar surface area (TPSA) is 72.9 Å². The van der Waals surface area contributed by atoms with Crippen LogP contribution in [0.15, 0.2) is 34.0 Å². The minimum atomic E-state index is -0.629. The molecule has 0 aromatic carbocycles. The molecule has 0 amide bonds. The fourth-order valence-corrected chi connectivity index (χ4v) is 5.69. The number of hydrogen-bond acceptors (Lipinski definition) is 5. The van der Waals surface area contributed by atoms with Crippen LogP contribution in [-0.4, -0.2) is 54.6 Å². The van der Waals surface area contributed by atoms with Crippen molar-refractivity contribution in [2.75, 3.05) is 25.1 Å². The number of allylic oxidation sites excluding steroid dienone is 2. The Hall–Kier alpha value is -1.99. The number of fused-ring (bicyclic) bond motifs is 3. The SMILES string of the molecule is CCC1=C2C(CC(C)(O)C1)C2/C1=N/NC(C)(C)CCO[B]C2=C1c1cc[nH]c1N(C)C2. The summed E-state index contributed by atoms with van der Waals surface area (Å²) in [5.74, 6) is 1.76. The number of aromatic nitrogens is 1. The van der Waals surface area contributed by atoms with E-state index in [4.69, 9.17) is 9.76 Å². The van der Waals surface area contributed by atoms with Crippen molar-refractivity contribution in [2.24, 2.45) is 16.9 Å². The predicted molar refractivity (Wildman–Crippen MR) is 126 cm³/mol. The number of hydrogen-bond donors (Lipinski definition) is 3. The van der Waals surface area contributed by atoms with Crippen LogP contribution in [0.1, 0.15) is 58.9 Å². The third kappa shape index (κ3) is 3.66. The second kappa shape index (κ2) is 7.27. The van der Waals surface area contributed by atoms with Gasteiger partial charge in [-0.1, -0.05) is 18.1 Å². The van der Waals surface area contributed by atoms with Crippen LogP contribution in [-0.2, 0) is 4.65 Å². The van der Waals surface area contributed by atoms with Crippen molar-refractivity contribution < 1.29 is 9.76 Å². The number of anilines is 1. The van der Waals surface area contributed by atoms with E-state index in [0.29, 0.717) is 12.5 Å².